The zero-order chi connectivity index (χ0) is 21.5. The topological polar surface area (TPSA) is 61.9 Å². The SMILES string of the molecule is CCCOc1ccc(C(=O)N2CCN(CC(=O)Nc3cccc(C)c3C)CC2)cc1. The number of hydrogen-bond donors (Lipinski definition) is 1. The number of rotatable bonds is 7. The van der Waals surface area contributed by atoms with Crippen molar-refractivity contribution < 1.29 is 14.3 Å². The first-order valence-electron chi connectivity index (χ1n) is 10.6. The van der Waals surface area contributed by atoms with Crippen molar-refractivity contribution in [1.82, 2.24) is 9.80 Å². The summed E-state index contributed by atoms with van der Waals surface area (Å²) < 4.78 is 5.57. The average molecular weight is 410 g/mol. The molecule has 2 amide bonds. The number of ether oxygens (including phenoxy) is 1. The van der Waals surface area contributed by atoms with E-state index < -0.39 is 0 Å². The van der Waals surface area contributed by atoms with Crippen molar-refractivity contribution in [1.29, 1.82) is 0 Å². The second-order valence-corrected chi connectivity index (χ2v) is 7.74. The Labute approximate surface area is 178 Å². The molecule has 6 heteroatoms. The lowest BCUT2D eigenvalue weighted by Crippen LogP contribution is -2.50. The summed E-state index contributed by atoms with van der Waals surface area (Å²) in [7, 11) is 0. The smallest absolute Gasteiger partial charge is 0.253 e. The molecule has 0 atom stereocenters. The van der Waals surface area contributed by atoms with Crippen LogP contribution in [0.25, 0.3) is 0 Å². The van der Waals surface area contributed by atoms with Crippen LogP contribution in [0.15, 0.2) is 42.5 Å². The van der Waals surface area contributed by atoms with Crippen LogP contribution in [0.3, 0.4) is 0 Å². The molecule has 0 unspecified atom stereocenters. The van der Waals surface area contributed by atoms with Gasteiger partial charge in [-0.3, -0.25) is 14.5 Å². The van der Waals surface area contributed by atoms with Crippen LogP contribution in [0.2, 0.25) is 0 Å². The predicted octanol–water partition coefficient (Wildman–Crippen LogP) is 3.49. The summed E-state index contributed by atoms with van der Waals surface area (Å²) in [5.41, 5.74) is 3.78. The molecule has 1 saturated heterocycles. The van der Waals surface area contributed by atoms with E-state index >= 15 is 0 Å². The number of carbonyl (C=O) groups is 2. The molecule has 0 radical (unpaired) electrons. The first-order valence-corrected chi connectivity index (χ1v) is 10.6. The van der Waals surface area contributed by atoms with Gasteiger partial charge >= 0.3 is 0 Å². The molecule has 30 heavy (non-hydrogen) atoms. The maximum Gasteiger partial charge on any atom is 0.253 e. The Kier molecular flexibility index (Phi) is 7.46. The lowest BCUT2D eigenvalue weighted by molar-refractivity contribution is -0.117. The predicted molar refractivity (Wildman–Crippen MR) is 119 cm³/mol. The van der Waals surface area contributed by atoms with Crippen LogP contribution < -0.4 is 10.1 Å². The minimum absolute atomic E-state index is 0.0221. The van der Waals surface area contributed by atoms with Gasteiger partial charge < -0.3 is 15.0 Å². The minimum Gasteiger partial charge on any atom is -0.494 e. The zero-order valence-corrected chi connectivity index (χ0v) is 18.1. The zero-order valence-electron chi connectivity index (χ0n) is 18.1. The van der Waals surface area contributed by atoms with Crippen LogP contribution in [0.4, 0.5) is 5.69 Å². The maximum absolute atomic E-state index is 12.8. The molecular weight excluding hydrogens is 378 g/mol. The maximum atomic E-state index is 12.8. The lowest BCUT2D eigenvalue weighted by atomic mass is 10.1. The molecule has 0 bridgehead atoms. The van der Waals surface area contributed by atoms with E-state index in [0.29, 0.717) is 44.9 Å². The standard InChI is InChI=1S/C24H31N3O3/c1-4-16-30-21-10-8-20(9-11-21)24(29)27-14-12-26(13-15-27)17-23(28)25-22-7-5-6-18(2)19(22)3/h5-11H,4,12-17H2,1-3H3,(H,25,28). The Morgan fingerprint density at radius 3 is 2.37 bits per heavy atom. The van der Waals surface area contributed by atoms with Gasteiger partial charge in [0.05, 0.1) is 13.2 Å². The van der Waals surface area contributed by atoms with Gasteiger partial charge in [-0.25, -0.2) is 0 Å². The molecule has 1 N–H and O–H groups in total. The van der Waals surface area contributed by atoms with Gasteiger partial charge in [0.25, 0.3) is 5.91 Å². The van der Waals surface area contributed by atoms with Crippen LogP contribution in [-0.4, -0.2) is 60.9 Å². The van der Waals surface area contributed by atoms with Crippen molar-refractivity contribution in [3.63, 3.8) is 0 Å². The van der Waals surface area contributed by atoms with Gasteiger partial charge in [0.15, 0.2) is 0 Å². The number of anilines is 1. The molecule has 1 aliphatic rings. The van der Waals surface area contributed by atoms with Crippen molar-refractivity contribution in [3.8, 4) is 5.75 Å². The Hall–Kier alpha value is -2.86. The first kappa shape index (κ1) is 21.8. The first-order chi connectivity index (χ1) is 14.5. The molecule has 0 spiro atoms. The highest BCUT2D eigenvalue weighted by Gasteiger charge is 2.23. The summed E-state index contributed by atoms with van der Waals surface area (Å²) >= 11 is 0. The van der Waals surface area contributed by atoms with Crippen molar-refractivity contribution in [2.75, 3.05) is 44.6 Å². The van der Waals surface area contributed by atoms with Crippen molar-refractivity contribution in [2.24, 2.45) is 0 Å². The van der Waals surface area contributed by atoms with Crippen molar-refractivity contribution in [3.05, 3.63) is 59.2 Å². The number of nitrogens with zero attached hydrogens (tertiary/aromatic N) is 2. The van der Waals surface area contributed by atoms with E-state index in [4.69, 9.17) is 4.74 Å². The van der Waals surface area contributed by atoms with Crippen LogP contribution >= 0.6 is 0 Å². The monoisotopic (exact) mass is 409 g/mol. The number of benzene rings is 2. The Balaban J connectivity index is 1.47. The third-order valence-electron chi connectivity index (χ3n) is 5.48. The van der Waals surface area contributed by atoms with Gasteiger partial charge in [-0.05, 0) is 61.7 Å². The quantitative estimate of drug-likeness (QED) is 0.760. The van der Waals surface area contributed by atoms with Crippen molar-refractivity contribution >= 4 is 17.5 Å². The minimum atomic E-state index is -0.0221. The Bertz CT molecular complexity index is 872. The van der Waals surface area contributed by atoms with Crippen molar-refractivity contribution in [2.45, 2.75) is 27.2 Å². The highest BCUT2D eigenvalue weighted by atomic mass is 16.5. The number of nitrogens with one attached hydrogen (secondary N) is 1. The molecule has 2 aromatic rings. The van der Waals surface area contributed by atoms with E-state index in [-0.39, 0.29) is 11.8 Å². The number of amides is 2. The van der Waals surface area contributed by atoms with E-state index in [9.17, 15) is 9.59 Å². The number of carbonyl (C=O) groups excluding carboxylic acids is 2. The number of aryl methyl sites for hydroxylation is 1. The fraction of sp³-hybridized carbons (Fsp3) is 0.417. The highest BCUT2D eigenvalue weighted by Crippen LogP contribution is 2.18. The van der Waals surface area contributed by atoms with Gasteiger partial charge in [0.1, 0.15) is 5.75 Å². The second kappa shape index (κ2) is 10.3. The molecule has 0 aliphatic carbocycles. The molecule has 0 saturated carbocycles. The van der Waals surface area contributed by atoms with Crippen LogP contribution in [0, 0.1) is 13.8 Å². The second-order valence-electron chi connectivity index (χ2n) is 7.74. The van der Waals surface area contributed by atoms with E-state index in [1.807, 2.05) is 61.2 Å². The van der Waals surface area contributed by atoms with E-state index in [0.717, 1.165) is 29.0 Å². The van der Waals surface area contributed by atoms with Crippen LogP contribution in [0.1, 0.15) is 34.8 Å². The molecule has 1 fully saturated rings. The molecular formula is C24H31N3O3. The van der Waals surface area contributed by atoms with E-state index in [2.05, 4.69) is 17.1 Å². The van der Waals surface area contributed by atoms with Crippen LogP contribution in [0.5, 0.6) is 5.75 Å². The number of hydrogen-bond acceptors (Lipinski definition) is 4. The summed E-state index contributed by atoms with van der Waals surface area (Å²) in [5, 5.41) is 3.00. The van der Waals surface area contributed by atoms with E-state index in [1.54, 1.807) is 0 Å². The summed E-state index contributed by atoms with van der Waals surface area (Å²) in [4.78, 5) is 29.1. The van der Waals surface area contributed by atoms with E-state index in [1.165, 1.54) is 0 Å². The molecule has 3 rings (SSSR count). The normalized spacial score (nSPS) is 14.4. The molecule has 1 heterocycles. The van der Waals surface area contributed by atoms with Gasteiger partial charge in [0, 0.05) is 37.4 Å². The van der Waals surface area contributed by atoms with Gasteiger partial charge in [-0.1, -0.05) is 19.1 Å². The summed E-state index contributed by atoms with van der Waals surface area (Å²) in [6, 6.07) is 13.2. The summed E-state index contributed by atoms with van der Waals surface area (Å²) in [6.45, 7) is 9.71. The average Bonchev–Trinajstić information content (AvgIpc) is 2.76. The molecule has 6 nitrogen and oxygen atoms in total. The highest BCUT2D eigenvalue weighted by molar-refractivity contribution is 5.95. The molecule has 2 aromatic carbocycles. The number of piperazine rings is 1. The fourth-order valence-electron chi connectivity index (χ4n) is 3.48. The third-order valence-corrected chi connectivity index (χ3v) is 5.48. The third kappa shape index (κ3) is 5.60. The van der Waals surface area contributed by atoms with Crippen LogP contribution in [-0.2, 0) is 4.79 Å². The largest absolute Gasteiger partial charge is 0.494 e. The summed E-state index contributed by atoms with van der Waals surface area (Å²) in [6.07, 6.45) is 0.952. The fourth-order valence-corrected chi connectivity index (χ4v) is 3.48. The van der Waals surface area contributed by atoms with Gasteiger partial charge in [0.2, 0.25) is 5.91 Å². The molecule has 0 aromatic heterocycles. The Morgan fingerprint density at radius 2 is 1.70 bits per heavy atom. The molecule has 1 aliphatic heterocycles. The Morgan fingerprint density at radius 1 is 1.00 bits per heavy atom. The molecule has 160 valence electrons. The van der Waals surface area contributed by atoms with Gasteiger partial charge in [-0.2, -0.15) is 0 Å². The summed E-state index contributed by atoms with van der Waals surface area (Å²) in [5.74, 6) is 0.788. The van der Waals surface area contributed by atoms with Gasteiger partial charge in [-0.15, -0.1) is 0 Å². The lowest BCUT2D eigenvalue weighted by Gasteiger charge is -2.34.